The van der Waals surface area contributed by atoms with Crippen molar-refractivity contribution in [1.29, 1.82) is 0 Å². The summed E-state index contributed by atoms with van der Waals surface area (Å²) in [4.78, 5) is 10.9. The summed E-state index contributed by atoms with van der Waals surface area (Å²) in [6.07, 6.45) is -1.10. The molecule has 13 heavy (non-hydrogen) atoms. The van der Waals surface area contributed by atoms with Gasteiger partial charge < -0.3 is 20.9 Å². The largest absolute Gasteiger partial charge is 0.382 e. The summed E-state index contributed by atoms with van der Waals surface area (Å²) >= 11 is 1.54. The summed E-state index contributed by atoms with van der Waals surface area (Å²) in [5, 5.41) is 11.7. The van der Waals surface area contributed by atoms with Gasteiger partial charge in [-0.2, -0.15) is 0 Å². The zero-order valence-electron chi connectivity index (χ0n) is 7.20. The van der Waals surface area contributed by atoms with Crippen molar-refractivity contribution in [2.45, 2.75) is 12.3 Å². The number of methoxy groups -OCH3 is 1. The van der Waals surface area contributed by atoms with Gasteiger partial charge in [0.25, 0.3) is 0 Å². The number of aliphatic hydroxyl groups is 1. The molecule has 0 saturated heterocycles. The normalized spacial score (nSPS) is 15.1. The van der Waals surface area contributed by atoms with Crippen LogP contribution in [-0.2, 0) is 12.6 Å². The molecular weight excluding hydrogens is 291 g/mol. The zero-order valence-corrected chi connectivity index (χ0v) is 9.35. The number of carbonyl (C=O) groups excluding carboxylic acids is 1. The highest BCUT2D eigenvalue weighted by atomic mass is 127. The molecule has 0 aliphatic heterocycles. The third-order valence-corrected chi connectivity index (χ3v) is 1.83. The molecule has 7 heteroatoms. The van der Waals surface area contributed by atoms with E-state index in [-0.39, 0.29) is 19.1 Å². The van der Waals surface area contributed by atoms with Crippen LogP contribution in [0.4, 0.5) is 0 Å². The maximum absolute atomic E-state index is 10.9. The molecule has 0 fully saturated rings. The van der Waals surface area contributed by atoms with E-state index in [1.807, 2.05) is 0 Å². The number of carbonyl (C=O) groups is 1. The van der Waals surface area contributed by atoms with E-state index in [0.29, 0.717) is 0 Å². The van der Waals surface area contributed by atoms with Gasteiger partial charge in [-0.25, -0.2) is 0 Å². The fourth-order valence-electron chi connectivity index (χ4n) is 0.703. The second kappa shape index (κ2) is 7.44. The van der Waals surface area contributed by atoms with E-state index in [4.69, 9.17) is 10.5 Å². The van der Waals surface area contributed by atoms with Crippen LogP contribution in [0.1, 0.15) is 0 Å². The molecule has 0 radical (unpaired) electrons. The van der Waals surface area contributed by atoms with Crippen LogP contribution < -0.4 is 11.1 Å². The molecule has 6 nitrogen and oxygen atoms in total. The molecule has 2 atom stereocenters. The minimum atomic E-state index is -1.10. The summed E-state index contributed by atoms with van der Waals surface area (Å²) in [6.45, 7) is 0.0318. The maximum Gasteiger partial charge on any atom is 0.234 e. The molecule has 0 aliphatic rings. The lowest BCUT2D eigenvalue weighted by Crippen LogP contribution is -2.48. The van der Waals surface area contributed by atoms with Crippen molar-refractivity contribution in [3.8, 4) is 0 Å². The Morgan fingerprint density at radius 1 is 1.77 bits per heavy atom. The quantitative estimate of drug-likeness (QED) is 0.422. The number of rotatable bonds is 6. The van der Waals surface area contributed by atoms with Crippen molar-refractivity contribution < 1.29 is 17.7 Å². The Bertz CT molecular complexity index is 158. The molecular formula is C6H13IN2O4. The van der Waals surface area contributed by atoms with Gasteiger partial charge in [-0.15, -0.1) is 0 Å². The Morgan fingerprint density at radius 3 is 2.77 bits per heavy atom. The van der Waals surface area contributed by atoms with Crippen molar-refractivity contribution in [2.75, 3.05) is 20.3 Å². The molecule has 0 bridgehead atoms. The Morgan fingerprint density at radius 2 is 2.38 bits per heavy atom. The Labute approximate surface area is 90.4 Å². The number of nitrogens with two attached hydrogens (primary N) is 1. The molecule has 1 amide bonds. The Kier molecular flexibility index (Phi) is 7.47. The number of amides is 1. The summed E-state index contributed by atoms with van der Waals surface area (Å²) < 4.78 is 9.37. The third kappa shape index (κ3) is 5.37. The Hall–Kier alpha value is 0.0400. The summed E-state index contributed by atoms with van der Waals surface area (Å²) in [5.41, 5.74) is 5.08. The fourth-order valence-corrected chi connectivity index (χ4v) is 1.06. The predicted octanol–water partition coefficient (Wildman–Crippen LogP) is -1.24. The summed E-state index contributed by atoms with van der Waals surface area (Å²) in [7, 11) is 1.46. The molecule has 0 aromatic heterocycles. The molecule has 78 valence electrons. The fraction of sp³-hybridized carbons (Fsp3) is 0.833. The second-order valence-corrected chi connectivity index (χ2v) is 2.82. The highest BCUT2D eigenvalue weighted by Crippen LogP contribution is 2.01. The minimum absolute atomic E-state index is 0.131. The topological polar surface area (TPSA) is 93.8 Å². The monoisotopic (exact) mass is 304 g/mol. The second-order valence-electron chi connectivity index (χ2n) is 2.31. The van der Waals surface area contributed by atoms with E-state index in [9.17, 15) is 9.90 Å². The van der Waals surface area contributed by atoms with Gasteiger partial charge in [-0.1, -0.05) is 0 Å². The number of hydrogen-bond donors (Lipinski definition) is 3. The van der Waals surface area contributed by atoms with Crippen LogP contribution in [0.5, 0.6) is 0 Å². The van der Waals surface area contributed by atoms with E-state index < -0.39 is 12.3 Å². The molecule has 0 heterocycles. The number of aliphatic hydroxyl groups excluding tert-OH is 1. The first-order chi connectivity index (χ1) is 6.15. The summed E-state index contributed by atoms with van der Waals surface area (Å²) in [6, 6.07) is -0.599. The molecule has 0 aromatic carbocycles. The van der Waals surface area contributed by atoms with Crippen molar-refractivity contribution in [3.05, 3.63) is 0 Å². The zero-order chi connectivity index (χ0) is 10.3. The molecule has 0 rings (SSSR count). The van der Waals surface area contributed by atoms with Gasteiger partial charge in [0.15, 0.2) is 6.29 Å². The number of halogens is 1. The van der Waals surface area contributed by atoms with Crippen molar-refractivity contribution >= 4 is 28.9 Å². The molecule has 0 spiro atoms. The molecule has 2 unspecified atom stereocenters. The van der Waals surface area contributed by atoms with Gasteiger partial charge in [0, 0.05) is 7.11 Å². The first-order valence-electron chi connectivity index (χ1n) is 3.59. The lowest BCUT2D eigenvalue weighted by atomic mass is 10.3. The average molecular weight is 304 g/mol. The molecule has 0 saturated carbocycles. The van der Waals surface area contributed by atoms with Gasteiger partial charge >= 0.3 is 0 Å². The SMILES string of the molecule is COCC(NC(=O)CN)C(O)OI. The van der Waals surface area contributed by atoms with E-state index >= 15 is 0 Å². The van der Waals surface area contributed by atoms with Gasteiger partial charge in [0.05, 0.1) is 13.2 Å². The van der Waals surface area contributed by atoms with E-state index in [0.717, 1.165) is 0 Å². The minimum Gasteiger partial charge on any atom is -0.382 e. The lowest BCUT2D eigenvalue weighted by molar-refractivity contribution is -0.124. The molecule has 0 aliphatic carbocycles. The first-order valence-corrected chi connectivity index (χ1v) is 4.47. The van der Waals surface area contributed by atoms with Crippen molar-refractivity contribution in [1.82, 2.24) is 5.32 Å². The Balaban J connectivity index is 4.00. The molecule has 0 aromatic rings. The van der Waals surface area contributed by atoms with Crippen molar-refractivity contribution in [3.63, 3.8) is 0 Å². The van der Waals surface area contributed by atoms with Crippen LogP contribution in [0.15, 0.2) is 0 Å². The molecule has 4 N–H and O–H groups in total. The maximum atomic E-state index is 10.9. The van der Waals surface area contributed by atoms with Crippen molar-refractivity contribution in [2.24, 2.45) is 5.73 Å². The predicted molar refractivity (Wildman–Crippen MR) is 54.0 cm³/mol. The van der Waals surface area contributed by atoms with Gasteiger partial charge in [-0.05, 0) is 0 Å². The van der Waals surface area contributed by atoms with Crippen LogP contribution in [0.2, 0.25) is 0 Å². The van der Waals surface area contributed by atoms with Crippen LogP contribution >= 0.6 is 23.0 Å². The van der Waals surface area contributed by atoms with E-state index in [1.54, 1.807) is 0 Å². The summed E-state index contributed by atoms with van der Waals surface area (Å²) in [5.74, 6) is -0.366. The first kappa shape index (κ1) is 13.0. The highest BCUT2D eigenvalue weighted by Gasteiger charge is 2.20. The number of ether oxygens (including phenoxy) is 1. The standard InChI is InChI=1S/C6H13IN2O4/c1-12-3-4(6(11)13-7)9-5(10)2-8/h4,6,11H,2-3,8H2,1H3,(H,9,10). The lowest BCUT2D eigenvalue weighted by Gasteiger charge is -2.20. The smallest absolute Gasteiger partial charge is 0.234 e. The number of hydrogen-bond acceptors (Lipinski definition) is 5. The number of nitrogens with one attached hydrogen (secondary N) is 1. The van der Waals surface area contributed by atoms with E-state index in [1.165, 1.54) is 30.1 Å². The van der Waals surface area contributed by atoms with Gasteiger partial charge in [0.2, 0.25) is 5.91 Å². The van der Waals surface area contributed by atoms with Gasteiger partial charge in [0.1, 0.15) is 29.0 Å². The van der Waals surface area contributed by atoms with Crippen LogP contribution in [0.3, 0.4) is 0 Å². The van der Waals surface area contributed by atoms with Crippen LogP contribution in [-0.4, -0.2) is 43.6 Å². The van der Waals surface area contributed by atoms with E-state index in [2.05, 4.69) is 8.38 Å². The van der Waals surface area contributed by atoms with Crippen LogP contribution in [0.25, 0.3) is 0 Å². The third-order valence-electron chi connectivity index (χ3n) is 1.31. The van der Waals surface area contributed by atoms with Gasteiger partial charge in [-0.3, -0.25) is 7.86 Å². The highest BCUT2D eigenvalue weighted by molar-refractivity contribution is 14.1. The average Bonchev–Trinajstić information content (AvgIpc) is 2.15. The van der Waals surface area contributed by atoms with Crippen LogP contribution in [0, 0.1) is 0 Å².